The van der Waals surface area contributed by atoms with E-state index < -0.39 is 0 Å². The van der Waals surface area contributed by atoms with Gasteiger partial charge in [-0.3, -0.25) is 0 Å². The van der Waals surface area contributed by atoms with Crippen LogP contribution in [0.25, 0.3) is 5.65 Å². The number of hydrogen-bond acceptors (Lipinski definition) is 3. The van der Waals surface area contributed by atoms with Crippen molar-refractivity contribution in [2.75, 3.05) is 18.0 Å². The van der Waals surface area contributed by atoms with Crippen LogP contribution >= 0.6 is 0 Å². The van der Waals surface area contributed by atoms with Crippen molar-refractivity contribution < 1.29 is 0 Å². The van der Waals surface area contributed by atoms with Crippen molar-refractivity contribution in [3.05, 3.63) is 24.5 Å². The van der Waals surface area contributed by atoms with E-state index in [0.29, 0.717) is 0 Å². The highest BCUT2D eigenvalue weighted by molar-refractivity contribution is 5.45. The molecule has 74 valence electrons. The van der Waals surface area contributed by atoms with Gasteiger partial charge in [0.15, 0.2) is 5.65 Å². The molecule has 0 fully saturated rings. The van der Waals surface area contributed by atoms with Crippen LogP contribution in [0.2, 0.25) is 0 Å². The van der Waals surface area contributed by atoms with Gasteiger partial charge < -0.3 is 4.90 Å². The molecule has 0 aliphatic heterocycles. The summed E-state index contributed by atoms with van der Waals surface area (Å²) in [5, 5.41) is 4.46. The van der Waals surface area contributed by atoms with Gasteiger partial charge in [-0.05, 0) is 26.0 Å². The van der Waals surface area contributed by atoms with Crippen LogP contribution in [0.15, 0.2) is 24.5 Å². The van der Waals surface area contributed by atoms with E-state index in [4.69, 9.17) is 0 Å². The zero-order valence-corrected chi connectivity index (χ0v) is 8.51. The molecular weight excluding hydrogens is 176 g/mol. The minimum Gasteiger partial charge on any atom is -0.356 e. The Bertz CT molecular complexity index is 417. The summed E-state index contributed by atoms with van der Waals surface area (Å²) in [5.41, 5.74) is 0.890. The van der Waals surface area contributed by atoms with E-state index in [-0.39, 0.29) is 0 Å². The lowest BCUT2D eigenvalue weighted by Gasteiger charge is -2.19. The summed E-state index contributed by atoms with van der Waals surface area (Å²) in [5.74, 6) is 1.00. The fourth-order valence-corrected chi connectivity index (χ4v) is 1.52. The lowest BCUT2D eigenvalue weighted by atomic mass is 10.4. The first kappa shape index (κ1) is 8.99. The number of imidazole rings is 1. The van der Waals surface area contributed by atoms with Crippen molar-refractivity contribution in [1.82, 2.24) is 14.6 Å². The molecule has 2 rings (SSSR count). The normalized spacial score (nSPS) is 10.7. The highest BCUT2D eigenvalue weighted by Crippen LogP contribution is 2.10. The van der Waals surface area contributed by atoms with Gasteiger partial charge in [-0.25, -0.2) is 9.50 Å². The largest absolute Gasteiger partial charge is 0.356 e. The quantitative estimate of drug-likeness (QED) is 0.736. The Morgan fingerprint density at radius 1 is 1.29 bits per heavy atom. The summed E-state index contributed by atoms with van der Waals surface area (Å²) < 4.78 is 1.80. The molecule has 0 aliphatic rings. The molecule has 4 heteroatoms. The average molecular weight is 190 g/mol. The second-order valence-electron chi connectivity index (χ2n) is 3.09. The van der Waals surface area contributed by atoms with Gasteiger partial charge in [-0.2, -0.15) is 0 Å². The van der Waals surface area contributed by atoms with Crippen molar-refractivity contribution in [2.45, 2.75) is 13.8 Å². The Morgan fingerprint density at radius 2 is 2.07 bits per heavy atom. The highest BCUT2D eigenvalue weighted by atomic mass is 15.3. The summed E-state index contributed by atoms with van der Waals surface area (Å²) in [6.07, 6.45) is 3.62. The molecule has 0 atom stereocenters. The summed E-state index contributed by atoms with van der Waals surface area (Å²) >= 11 is 0. The predicted molar refractivity (Wildman–Crippen MR) is 56.5 cm³/mol. The third kappa shape index (κ3) is 1.43. The summed E-state index contributed by atoms with van der Waals surface area (Å²) in [7, 11) is 0. The van der Waals surface area contributed by atoms with E-state index in [1.165, 1.54) is 0 Å². The van der Waals surface area contributed by atoms with Crippen LogP contribution in [0, 0.1) is 0 Å². The monoisotopic (exact) mass is 190 g/mol. The number of anilines is 1. The van der Waals surface area contributed by atoms with Crippen molar-refractivity contribution in [3.63, 3.8) is 0 Å². The van der Waals surface area contributed by atoms with Crippen molar-refractivity contribution in [2.24, 2.45) is 0 Å². The maximum Gasteiger partial charge on any atom is 0.153 e. The van der Waals surface area contributed by atoms with Crippen LogP contribution in [0.4, 0.5) is 5.82 Å². The molecule has 0 aromatic carbocycles. The third-order valence-corrected chi connectivity index (χ3v) is 2.33. The van der Waals surface area contributed by atoms with Crippen LogP contribution in [-0.2, 0) is 0 Å². The molecule has 14 heavy (non-hydrogen) atoms. The van der Waals surface area contributed by atoms with E-state index in [1.807, 2.05) is 18.3 Å². The maximum atomic E-state index is 4.46. The van der Waals surface area contributed by atoms with Gasteiger partial charge >= 0.3 is 0 Å². The molecule has 0 saturated carbocycles. The van der Waals surface area contributed by atoms with Crippen molar-refractivity contribution in [1.29, 1.82) is 0 Å². The van der Waals surface area contributed by atoms with Crippen LogP contribution < -0.4 is 4.90 Å². The molecule has 0 aliphatic carbocycles. The lowest BCUT2D eigenvalue weighted by molar-refractivity contribution is 0.808. The van der Waals surface area contributed by atoms with Gasteiger partial charge in [-0.1, -0.05) is 0 Å². The van der Waals surface area contributed by atoms with Gasteiger partial charge in [0.25, 0.3) is 0 Å². The third-order valence-electron chi connectivity index (χ3n) is 2.33. The highest BCUT2D eigenvalue weighted by Gasteiger charge is 2.03. The van der Waals surface area contributed by atoms with E-state index in [1.54, 1.807) is 10.7 Å². The molecule has 0 radical (unpaired) electrons. The standard InChI is InChI=1S/C10H14N4/c1-3-13(4-2)10-6-5-9-11-7-8-14(9)12-10/h5-8H,3-4H2,1-2H3. The molecule has 0 unspecified atom stereocenters. The smallest absolute Gasteiger partial charge is 0.153 e. The SMILES string of the molecule is CCN(CC)c1ccc2nccn2n1. The van der Waals surface area contributed by atoms with Crippen LogP contribution in [0.5, 0.6) is 0 Å². The Labute approximate surface area is 83.2 Å². The zero-order chi connectivity index (χ0) is 9.97. The average Bonchev–Trinajstić information content (AvgIpc) is 2.66. The Morgan fingerprint density at radius 3 is 2.79 bits per heavy atom. The van der Waals surface area contributed by atoms with Crippen molar-refractivity contribution in [3.8, 4) is 0 Å². The number of hydrogen-bond donors (Lipinski definition) is 0. The van der Waals surface area contributed by atoms with Crippen molar-refractivity contribution >= 4 is 11.5 Å². The number of fused-ring (bicyclic) bond motifs is 1. The number of aromatic nitrogens is 3. The van der Waals surface area contributed by atoms with E-state index in [2.05, 4.69) is 28.8 Å². The fraction of sp³-hybridized carbons (Fsp3) is 0.400. The second-order valence-corrected chi connectivity index (χ2v) is 3.09. The molecular formula is C10H14N4. The second kappa shape index (κ2) is 3.65. The summed E-state index contributed by atoms with van der Waals surface area (Å²) in [6.45, 7) is 6.21. The molecule has 0 bridgehead atoms. The first-order valence-electron chi connectivity index (χ1n) is 4.90. The minimum absolute atomic E-state index is 0.890. The van der Waals surface area contributed by atoms with Gasteiger partial charge in [0.2, 0.25) is 0 Å². The molecule has 2 aromatic heterocycles. The van der Waals surface area contributed by atoms with E-state index in [0.717, 1.165) is 24.6 Å². The van der Waals surface area contributed by atoms with Crippen LogP contribution in [-0.4, -0.2) is 27.7 Å². The zero-order valence-electron chi connectivity index (χ0n) is 8.51. The molecule has 0 saturated heterocycles. The molecule has 0 spiro atoms. The molecule has 0 N–H and O–H groups in total. The first-order chi connectivity index (χ1) is 6.85. The molecule has 2 heterocycles. The van der Waals surface area contributed by atoms with E-state index >= 15 is 0 Å². The van der Waals surface area contributed by atoms with Gasteiger partial charge in [-0.15, -0.1) is 5.10 Å². The Kier molecular flexibility index (Phi) is 2.35. The number of nitrogens with zero attached hydrogens (tertiary/aromatic N) is 4. The maximum absolute atomic E-state index is 4.46. The van der Waals surface area contributed by atoms with Crippen LogP contribution in [0.3, 0.4) is 0 Å². The topological polar surface area (TPSA) is 33.4 Å². The van der Waals surface area contributed by atoms with E-state index in [9.17, 15) is 0 Å². The lowest BCUT2D eigenvalue weighted by Crippen LogP contribution is -2.23. The van der Waals surface area contributed by atoms with Gasteiger partial charge in [0.1, 0.15) is 5.82 Å². The number of rotatable bonds is 3. The predicted octanol–water partition coefficient (Wildman–Crippen LogP) is 1.58. The van der Waals surface area contributed by atoms with Gasteiger partial charge in [0, 0.05) is 25.5 Å². The molecule has 2 aromatic rings. The summed E-state index contributed by atoms with van der Waals surface area (Å²) in [6, 6.07) is 4.00. The van der Waals surface area contributed by atoms with Crippen LogP contribution in [0.1, 0.15) is 13.8 Å². The molecule has 0 amide bonds. The summed E-state index contributed by atoms with van der Waals surface area (Å²) in [4.78, 5) is 6.36. The van der Waals surface area contributed by atoms with Gasteiger partial charge in [0.05, 0.1) is 0 Å². The minimum atomic E-state index is 0.890. The Hall–Kier alpha value is -1.58. The Balaban J connectivity index is 2.42. The fourth-order valence-electron chi connectivity index (χ4n) is 1.52. The molecule has 4 nitrogen and oxygen atoms in total. The first-order valence-corrected chi connectivity index (χ1v) is 4.90.